The summed E-state index contributed by atoms with van der Waals surface area (Å²) in [5.74, 6) is 1.27. The van der Waals surface area contributed by atoms with Gasteiger partial charge in [-0.25, -0.2) is 5.43 Å². The number of nitro groups is 1. The molecule has 0 spiro atoms. The molecular formula is C33H33N5O5. The molecule has 220 valence electrons. The molecule has 10 heteroatoms. The molecule has 0 aliphatic carbocycles. The van der Waals surface area contributed by atoms with Crippen LogP contribution in [-0.4, -0.2) is 55.2 Å². The number of hydrogen-bond acceptors (Lipinski definition) is 8. The molecule has 0 saturated carbocycles. The first-order valence-corrected chi connectivity index (χ1v) is 14.0. The zero-order chi connectivity index (χ0) is 30.0. The molecular weight excluding hydrogens is 546 g/mol. The first-order valence-electron chi connectivity index (χ1n) is 14.0. The fourth-order valence-electron chi connectivity index (χ4n) is 4.82. The molecule has 1 N–H and O–H groups in total. The first-order chi connectivity index (χ1) is 21.0. The lowest BCUT2D eigenvalue weighted by Crippen LogP contribution is -2.46. The number of hydrazone groups is 1. The van der Waals surface area contributed by atoms with Gasteiger partial charge in [-0.1, -0.05) is 24.3 Å². The van der Waals surface area contributed by atoms with E-state index < -0.39 is 4.92 Å². The summed E-state index contributed by atoms with van der Waals surface area (Å²) < 4.78 is 11.3. The van der Waals surface area contributed by atoms with Crippen LogP contribution < -0.4 is 19.8 Å². The number of nitro benzene ring substituents is 1. The number of para-hydroxylation sites is 2. The molecule has 4 aromatic rings. The number of non-ortho nitro benzene ring substituents is 1. The van der Waals surface area contributed by atoms with Crippen molar-refractivity contribution < 1.29 is 19.2 Å². The summed E-state index contributed by atoms with van der Waals surface area (Å²) in [6.45, 7) is 4.87. The maximum atomic E-state index is 12.6. The Labute approximate surface area is 250 Å². The van der Waals surface area contributed by atoms with E-state index in [-0.39, 0.29) is 11.6 Å². The van der Waals surface area contributed by atoms with Crippen LogP contribution in [-0.2, 0) is 13.2 Å². The molecule has 1 saturated heterocycles. The predicted octanol–water partition coefficient (Wildman–Crippen LogP) is 5.27. The molecule has 1 aliphatic rings. The first kappa shape index (κ1) is 29.3. The van der Waals surface area contributed by atoms with E-state index in [2.05, 4.69) is 26.4 Å². The molecule has 5 rings (SSSR count). The molecule has 0 atom stereocenters. The minimum absolute atomic E-state index is 0.0442. The summed E-state index contributed by atoms with van der Waals surface area (Å²) in [4.78, 5) is 27.7. The second kappa shape index (κ2) is 14.1. The van der Waals surface area contributed by atoms with E-state index in [9.17, 15) is 14.9 Å². The van der Waals surface area contributed by atoms with E-state index in [1.807, 2.05) is 54.6 Å². The average Bonchev–Trinajstić information content (AvgIpc) is 3.05. The summed E-state index contributed by atoms with van der Waals surface area (Å²) in [5.41, 5.74) is 7.07. The van der Waals surface area contributed by atoms with Crippen LogP contribution in [0.5, 0.6) is 11.5 Å². The molecule has 0 bridgehead atoms. The van der Waals surface area contributed by atoms with Crippen molar-refractivity contribution in [3.8, 4) is 11.5 Å². The van der Waals surface area contributed by atoms with Crippen LogP contribution in [0.1, 0.15) is 27.0 Å². The number of ether oxygens (including phenoxy) is 2. The van der Waals surface area contributed by atoms with Crippen molar-refractivity contribution in [3.63, 3.8) is 0 Å². The highest BCUT2D eigenvalue weighted by Crippen LogP contribution is 2.28. The van der Waals surface area contributed by atoms with Gasteiger partial charge in [0, 0.05) is 50.4 Å². The lowest BCUT2D eigenvalue weighted by Gasteiger charge is -2.36. The third kappa shape index (κ3) is 7.96. The van der Waals surface area contributed by atoms with E-state index in [0.29, 0.717) is 17.9 Å². The third-order valence-corrected chi connectivity index (χ3v) is 7.23. The summed E-state index contributed by atoms with van der Waals surface area (Å²) in [6, 6.07) is 29.2. The Balaban J connectivity index is 1.05. The van der Waals surface area contributed by atoms with Gasteiger partial charge in [0.1, 0.15) is 18.1 Å². The highest BCUT2D eigenvalue weighted by atomic mass is 16.6. The lowest BCUT2D eigenvalue weighted by atomic mass is 10.1. The van der Waals surface area contributed by atoms with Crippen molar-refractivity contribution in [2.75, 3.05) is 38.2 Å². The molecule has 4 aromatic carbocycles. The number of nitrogens with zero attached hydrogens (tertiary/aromatic N) is 4. The molecule has 10 nitrogen and oxygen atoms in total. The fourth-order valence-corrected chi connectivity index (χ4v) is 4.82. The summed E-state index contributed by atoms with van der Waals surface area (Å²) in [6.07, 6.45) is 1.57. The number of benzene rings is 4. The monoisotopic (exact) mass is 579 g/mol. The van der Waals surface area contributed by atoms with Crippen molar-refractivity contribution in [2.45, 2.75) is 13.2 Å². The van der Waals surface area contributed by atoms with Crippen LogP contribution in [0.3, 0.4) is 0 Å². The summed E-state index contributed by atoms with van der Waals surface area (Å²) in [7, 11) is 1.70. The van der Waals surface area contributed by atoms with Gasteiger partial charge in [-0.15, -0.1) is 0 Å². The fraction of sp³-hybridized carbons (Fsp3) is 0.212. The van der Waals surface area contributed by atoms with Crippen LogP contribution in [0.4, 0.5) is 11.4 Å². The van der Waals surface area contributed by atoms with Crippen molar-refractivity contribution in [1.29, 1.82) is 0 Å². The quantitative estimate of drug-likeness (QED) is 0.147. The smallest absolute Gasteiger partial charge is 0.271 e. The van der Waals surface area contributed by atoms with Crippen molar-refractivity contribution in [2.24, 2.45) is 5.10 Å². The molecule has 1 aliphatic heterocycles. The molecule has 43 heavy (non-hydrogen) atoms. The van der Waals surface area contributed by atoms with Crippen LogP contribution in [0.15, 0.2) is 102 Å². The minimum Gasteiger partial charge on any atom is -0.495 e. The highest BCUT2D eigenvalue weighted by molar-refractivity contribution is 5.94. The van der Waals surface area contributed by atoms with E-state index >= 15 is 0 Å². The zero-order valence-electron chi connectivity index (χ0n) is 23.9. The standard InChI is InChI=1S/C33H33N5O5/c1-42-32-5-3-2-4-31(32)37-20-18-36(19-21-37)23-26-6-12-28(13-7-26)33(39)35-34-22-25-10-16-30(17-11-25)43-24-27-8-14-29(15-9-27)38(40)41/h2-17,22H,18-21,23-24H2,1H3,(H,35,39)/b34-22-. The van der Waals surface area contributed by atoms with Crippen molar-refractivity contribution in [3.05, 3.63) is 129 Å². The van der Waals surface area contributed by atoms with Gasteiger partial charge in [0.2, 0.25) is 0 Å². The number of amides is 1. The SMILES string of the molecule is COc1ccccc1N1CCN(Cc2ccc(C(=O)N/N=C\c3ccc(OCc4ccc([N+](=O)[O-])cc4)cc3)cc2)CC1. The average molecular weight is 580 g/mol. The van der Waals surface area contributed by atoms with Gasteiger partial charge in [0.15, 0.2) is 0 Å². The van der Waals surface area contributed by atoms with Crippen LogP contribution in [0.25, 0.3) is 0 Å². The maximum absolute atomic E-state index is 12.6. The third-order valence-electron chi connectivity index (χ3n) is 7.23. The van der Waals surface area contributed by atoms with Gasteiger partial charge < -0.3 is 14.4 Å². The Bertz CT molecular complexity index is 1550. The second-order valence-electron chi connectivity index (χ2n) is 10.1. The number of nitrogens with one attached hydrogen (secondary N) is 1. The van der Waals surface area contributed by atoms with Crippen molar-refractivity contribution >= 4 is 23.5 Å². The van der Waals surface area contributed by atoms with E-state index in [0.717, 1.165) is 60.9 Å². The molecule has 1 fully saturated rings. The van der Waals surface area contributed by atoms with Crippen LogP contribution in [0, 0.1) is 10.1 Å². The number of hydrogen-bond donors (Lipinski definition) is 1. The molecule has 1 amide bonds. The van der Waals surface area contributed by atoms with E-state index in [4.69, 9.17) is 9.47 Å². The lowest BCUT2D eigenvalue weighted by molar-refractivity contribution is -0.384. The topological polar surface area (TPSA) is 110 Å². The Morgan fingerprint density at radius 2 is 1.58 bits per heavy atom. The summed E-state index contributed by atoms with van der Waals surface area (Å²) in [5, 5.41) is 14.9. The van der Waals surface area contributed by atoms with Crippen LogP contribution in [0.2, 0.25) is 0 Å². The minimum atomic E-state index is -0.432. The summed E-state index contributed by atoms with van der Waals surface area (Å²) >= 11 is 0. The number of carbonyl (C=O) groups is 1. The number of rotatable bonds is 11. The second-order valence-corrected chi connectivity index (χ2v) is 10.1. The van der Waals surface area contributed by atoms with Gasteiger partial charge in [0.05, 0.1) is 23.9 Å². The molecule has 0 radical (unpaired) electrons. The predicted molar refractivity (Wildman–Crippen MR) is 166 cm³/mol. The zero-order valence-corrected chi connectivity index (χ0v) is 23.9. The van der Waals surface area contributed by atoms with Crippen LogP contribution >= 0.6 is 0 Å². The van der Waals surface area contributed by atoms with Gasteiger partial charge in [-0.2, -0.15) is 5.10 Å². The Hall–Kier alpha value is -5.22. The molecule has 0 unspecified atom stereocenters. The Kier molecular flexibility index (Phi) is 9.60. The normalized spacial score (nSPS) is 13.6. The van der Waals surface area contributed by atoms with Crippen molar-refractivity contribution in [1.82, 2.24) is 10.3 Å². The van der Waals surface area contributed by atoms with Gasteiger partial charge >= 0.3 is 0 Å². The highest BCUT2D eigenvalue weighted by Gasteiger charge is 2.19. The number of carbonyl (C=O) groups excluding carboxylic acids is 1. The van der Waals surface area contributed by atoms with E-state index in [1.165, 1.54) is 12.1 Å². The largest absolute Gasteiger partial charge is 0.495 e. The molecule has 0 aromatic heterocycles. The Morgan fingerprint density at radius 1 is 0.907 bits per heavy atom. The van der Waals surface area contributed by atoms with E-state index in [1.54, 1.807) is 37.6 Å². The maximum Gasteiger partial charge on any atom is 0.271 e. The van der Waals surface area contributed by atoms with Gasteiger partial charge in [-0.05, 0) is 77.4 Å². The van der Waals surface area contributed by atoms with Gasteiger partial charge in [0.25, 0.3) is 11.6 Å². The molecule has 1 heterocycles. The van der Waals surface area contributed by atoms with Gasteiger partial charge in [-0.3, -0.25) is 19.8 Å². The number of methoxy groups -OCH3 is 1. The number of piperazine rings is 1. The Morgan fingerprint density at radius 3 is 2.26 bits per heavy atom. The number of anilines is 1.